The van der Waals surface area contributed by atoms with Gasteiger partial charge < -0.3 is 4.79 Å². The smallest absolute Gasteiger partial charge is 0.228 e. The van der Waals surface area contributed by atoms with Crippen molar-refractivity contribution >= 4 is 18.0 Å². The Morgan fingerprint density at radius 3 is 3.12 bits per heavy atom. The van der Waals surface area contributed by atoms with Crippen LogP contribution in [-0.4, -0.2) is 23.2 Å². The number of aldehydes is 1. The van der Waals surface area contributed by atoms with Gasteiger partial charge in [0.25, 0.3) is 0 Å². The fraction of sp³-hybridized carbons (Fsp3) is 0.273. The van der Waals surface area contributed by atoms with Crippen LogP contribution in [-0.2, 0) is 9.59 Å². The number of nitriles is 1. The summed E-state index contributed by atoms with van der Waals surface area (Å²) in [4.78, 5) is 27.8. The molecule has 1 atom stereocenters. The first-order valence-electron chi connectivity index (χ1n) is 4.90. The Hall–Kier alpha value is -2.22. The molecule has 1 amide bonds. The quantitative estimate of drug-likeness (QED) is 0.679. The fourth-order valence-corrected chi connectivity index (χ4v) is 1.75. The molecule has 1 aromatic heterocycles. The summed E-state index contributed by atoms with van der Waals surface area (Å²) in [6.07, 6.45) is 3.07. The van der Waals surface area contributed by atoms with Crippen molar-refractivity contribution in [3.63, 3.8) is 0 Å². The van der Waals surface area contributed by atoms with Gasteiger partial charge >= 0.3 is 0 Å². The van der Waals surface area contributed by atoms with E-state index in [1.165, 1.54) is 17.2 Å². The number of hydrogen-bond acceptors (Lipinski definition) is 4. The maximum absolute atomic E-state index is 11.6. The van der Waals surface area contributed by atoms with Gasteiger partial charge in [0.15, 0.2) is 0 Å². The molecular formula is C11H9N3O2. The van der Waals surface area contributed by atoms with E-state index in [2.05, 4.69) is 4.98 Å². The number of amides is 1. The number of aromatic nitrogens is 1. The fourth-order valence-electron chi connectivity index (χ4n) is 1.75. The maximum Gasteiger partial charge on any atom is 0.228 e. The van der Waals surface area contributed by atoms with Crippen molar-refractivity contribution in [3.8, 4) is 6.07 Å². The SMILES string of the molecule is N#Cc1ccnc(N2C(=O)CC[C@H]2C=O)c1. The normalized spacial score (nSPS) is 19.6. The van der Waals surface area contributed by atoms with Crippen molar-refractivity contribution in [1.29, 1.82) is 5.26 Å². The van der Waals surface area contributed by atoms with Crippen molar-refractivity contribution in [2.24, 2.45) is 0 Å². The number of hydrogen-bond donors (Lipinski definition) is 0. The van der Waals surface area contributed by atoms with E-state index in [0.29, 0.717) is 24.2 Å². The van der Waals surface area contributed by atoms with Crippen LogP contribution in [0, 0.1) is 11.3 Å². The van der Waals surface area contributed by atoms with Crippen molar-refractivity contribution in [2.75, 3.05) is 4.90 Å². The molecule has 0 bridgehead atoms. The third-order valence-corrected chi connectivity index (χ3v) is 2.53. The van der Waals surface area contributed by atoms with Gasteiger partial charge in [-0.2, -0.15) is 5.26 Å². The highest BCUT2D eigenvalue weighted by atomic mass is 16.2. The van der Waals surface area contributed by atoms with Crippen LogP contribution in [0.5, 0.6) is 0 Å². The van der Waals surface area contributed by atoms with Gasteiger partial charge in [0.1, 0.15) is 12.1 Å². The van der Waals surface area contributed by atoms with E-state index in [-0.39, 0.29) is 5.91 Å². The Balaban J connectivity index is 2.39. The molecule has 0 aliphatic carbocycles. The summed E-state index contributed by atoms with van der Waals surface area (Å²) in [7, 11) is 0. The van der Waals surface area contributed by atoms with Gasteiger partial charge in [0.2, 0.25) is 5.91 Å². The molecule has 2 rings (SSSR count). The Bertz CT molecular complexity index is 478. The molecule has 80 valence electrons. The Morgan fingerprint density at radius 2 is 2.44 bits per heavy atom. The molecule has 0 N–H and O–H groups in total. The molecule has 1 fully saturated rings. The Morgan fingerprint density at radius 1 is 1.62 bits per heavy atom. The molecular weight excluding hydrogens is 206 g/mol. The van der Waals surface area contributed by atoms with Crippen LogP contribution in [0.1, 0.15) is 18.4 Å². The minimum atomic E-state index is -0.450. The lowest BCUT2D eigenvalue weighted by Crippen LogP contribution is -2.34. The van der Waals surface area contributed by atoms with Gasteiger partial charge in [0, 0.05) is 12.6 Å². The van der Waals surface area contributed by atoms with Gasteiger partial charge in [0.05, 0.1) is 17.7 Å². The summed E-state index contributed by atoms with van der Waals surface area (Å²) in [5.74, 6) is 0.248. The van der Waals surface area contributed by atoms with Gasteiger partial charge in [-0.1, -0.05) is 0 Å². The Labute approximate surface area is 92.3 Å². The number of anilines is 1. The van der Waals surface area contributed by atoms with Crippen molar-refractivity contribution in [1.82, 2.24) is 4.98 Å². The second-order valence-electron chi connectivity index (χ2n) is 3.52. The minimum Gasteiger partial charge on any atom is -0.301 e. The van der Waals surface area contributed by atoms with E-state index < -0.39 is 6.04 Å². The van der Waals surface area contributed by atoms with E-state index in [4.69, 9.17) is 5.26 Å². The third kappa shape index (κ3) is 1.65. The lowest BCUT2D eigenvalue weighted by atomic mass is 10.2. The van der Waals surface area contributed by atoms with Crippen molar-refractivity contribution in [3.05, 3.63) is 23.9 Å². The molecule has 0 spiro atoms. The zero-order valence-electron chi connectivity index (χ0n) is 8.46. The highest BCUT2D eigenvalue weighted by Gasteiger charge is 2.32. The van der Waals surface area contributed by atoms with Gasteiger partial charge in [-0.25, -0.2) is 4.98 Å². The summed E-state index contributed by atoms with van der Waals surface area (Å²) < 4.78 is 0. The number of nitrogens with zero attached hydrogens (tertiary/aromatic N) is 3. The van der Waals surface area contributed by atoms with Crippen molar-refractivity contribution < 1.29 is 9.59 Å². The second kappa shape index (κ2) is 4.11. The van der Waals surface area contributed by atoms with E-state index in [0.717, 1.165) is 6.29 Å². The number of pyridine rings is 1. The highest BCUT2D eigenvalue weighted by molar-refractivity contribution is 5.99. The molecule has 5 nitrogen and oxygen atoms in total. The predicted molar refractivity (Wildman–Crippen MR) is 55.5 cm³/mol. The second-order valence-corrected chi connectivity index (χ2v) is 3.52. The minimum absolute atomic E-state index is 0.125. The largest absolute Gasteiger partial charge is 0.301 e. The maximum atomic E-state index is 11.6. The molecule has 0 radical (unpaired) electrons. The summed E-state index contributed by atoms with van der Waals surface area (Å²) in [6.45, 7) is 0. The van der Waals surface area contributed by atoms with Crippen LogP contribution >= 0.6 is 0 Å². The third-order valence-electron chi connectivity index (χ3n) is 2.53. The van der Waals surface area contributed by atoms with E-state index in [1.807, 2.05) is 6.07 Å². The zero-order chi connectivity index (χ0) is 11.5. The molecule has 0 saturated carbocycles. The first kappa shape index (κ1) is 10.3. The van der Waals surface area contributed by atoms with Gasteiger partial charge in [-0.3, -0.25) is 9.69 Å². The zero-order valence-corrected chi connectivity index (χ0v) is 8.46. The standard InChI is InChI=1S/C11H9N3O2/c12-6-8-3-4-13-10(5-8)14-9(7-15)1-2-11(14)16/h3-5,7,9H,1-2H2/t9-/m0/s1. The average molecular weight is 215 g/mol. The van der Waals surface area contributed by atoms with Gasteiger partial charge in [-0.05, 0) is 18.6 Å². The average Bonchev–Trinajstić information content (AvgIpc) is 2.70. The molecule has 0 aromatic carbocycles. The van der Waals surface area contributed by atoms with Crippen LogP contribution in [0.4, 0.5) is 5.82 Å². The topological polar surface area (TPSA) is 74.1 Å². The summed E-state index contributed by atoms with van der Waals surface area (Å²) in [5, 5.41) is 8.74. The first-order valence-corrected chi connectivity index (χ1v) is 4.90. The lowest BCUT2D eigenvalue weighted by molar-refractivity contribution is -0.118. The lowest BCUT2D eigenvalue weighted by Gasteiger charge is -2.19. The Kier molecular flexibility index (Phi) is 2.64. The summed E-state index contributed by atoms with van der Waals surface area (Å²) in [5.41, 5.74) is 0.425. The van der Waals surface area contributed by atoms with E-state index in [9.17, 15) is 9.59 Å². The molecule has 0 unspecified atom stereocenters. The summed E-state index contributed by atoms with van der Waals surface area (Å²) in [6, 6.07) is 4.59. The number of carbonyl (C=O) groups excluding carboxylic acids is 2. The van der Waals surface area contributed by atoms with Crippen LogP contribution in [0.2, 0.25) is 0 Å². The molecule has 2 heterocycles. The predicted octanol–water partition coefficient (Wildman–Crippen LogP) is 0.648. The van der Waals surface area contributed by atoms with Crippen LogP contribution in [0.15, 0.2) is 18.3 Å². The first-order chi connectivity index (χ1) is 7.76. The molecule has 5 heteroatoms. The molecule has 16 heavy (non-hydrogen) atoms. The van der Waals surface area contributed by atoms with Crippen LogP contribution in [0.25, 0.3) is 0 Å². The van der Waals surface area contributed by atoms with Crippen LogP contribution < -0.4 is 4.90 Å². The van der Waals surface area contributed by atoms with E-state index in [1.54, 1.807) is 6.07 Å². The van der Waals surface area contributed by atoms with Crippen LogP contribution in [0.3, 0.4) is 0 Å². The monoisotopic (exact) mass is 215 g/mol. The highest BCUT2D eigenvalue weighted by Crippen LogP contribution is 2.24. The molecule has 1 aliphatic rings. The van der Waals surface area contributed by atoms with E-state index >= 15 is 0 Å². The number of carbonyl (C=O) groups is 2. The molecule has 1 aromatic rings. The summed E-state index contributed by atoms with van der Waals surface area (Å²) >= 11 is 0. The molecule has 1 aliphatic heterocycles. The van der Waals surface area contributed by atoms with Crippen molar-refractivity contribution in [2.45, 2.75) is 18.9 Å². The number of rotatable bonds is 2. The molecule has 1 saturated heterocycles. The van der Waals surface area contributed by atoms with Gasteiger partial charge in [-0.15, -0.1) is 0 Å².